The Kier molecular flexibility index (Phi) is 4.28. The SMILES string of the molecule is CCn1ncnc1CN=C(N(C)C)N(C)C. The molecule has 0 fully saturated rings. The van der Waals surface area contributed by atoms with E-state index in [1.807, 2.05) is 49.6 Å². The number of aryl methyl sites for hydroxylation is 1. The zero-order valence-electron chi connectivity index (χ0n) is 10.7. The Hall–Kier alpha value is -1.59. The van der Waals surface area contributed by atoms with Gasteiger partial charge in [0.2, 0.25) is 0 Å². The minimum atomic E-state index is 0.555. The lowest BCUT2D eigenvalue weighted by molar-refractivity contribution is 0.477. The molecule has 0 saturated carbocycles. The Morgan fingerprint density at radius 1 is 1.31 bits per heavy atom. The van der Waals surface area contributed by atoms with Crippen molar-refractivity contribution < 1.29 is 0 Å². The Morgan fingerprint density at radius 3 is 2.44 bits per heavy atom. The van der Waals surface area contributed by atoms with E-state index in [0.29, 0.717) is 6.54 Å². The second kappa shape index (κ2) is 5.48. The van der Waals surface area contributed by atoms with Crippen molar-refractivity contribution >= 4 is 5.96 Å². The molecule has 0 spiro atoms. The summed E-state index contributed by atoms with van der Waals surface area (Å²) in [5.74, 6) is 1.81. The molecule has 1 aromatic heterocycles. The van der Waals surface area contributed by atoms with Gasteiger partial charge in [0.05, 0.1) is 0 Å². The van der Waals surface area contributed by atoms with Crippen LogP contribution in [0.3, 0.4) is 0 Å². The highest BCUT2D eigenvalue weighted by molar-refractivity contribution is 5.79. The fourth-order valence-corrected chi connectivity index (χ4v) is 1.50. The lowest BCUT2D eigenvalue weighted by atomic mass is 10.5. The standard InChI is InChI=1S/C10H20N6/c1-6-16-9(12-8-13-16)7-11-10(14(2)3)15(4)5/h8H,6-7H2,1-5H3. The molecule has 6 heteroatoms. The summed E-state index contributed by atoms with van der Waals surface area (Å²) in [6, 6.07) is 0. The second-order valence-corrected chi connectivity index (χ2v) is 3.90. The van der Waals surface area contributed by atoms with Gasteiger partial charge in [0.1, 0.15) is 18.7 Å². The van der Waals surface area contributed by atoms with E-state index in [-0.39, 0.29) is 0 Å². The predicted molar refractivity (Wildman–Crippen MR) is 64.2 cm³/mol. The smallest absolute Gasteiger partial charge is 0.195 e. The van der Waals surface area contributed by atoms with Crippen LogP contribution in [-0.4, -0.2) is 58.7 Å². The number of nitrogens with zero attached hydrogens (tertiary/aromatic N) is 6. The van der Waals surface area contributed by atoms with Crippen molar-refractivity contribution in [3.63, 3.8) is 0 Å². The maximum atomic E-state index is 4.52. The summed E-state index contributed by atoms with van der Waals surface area (Å²) < 4.78 is 1.85. The van der Waals surface area contributed by atoms with E-state index in [0.717, 1.165) is 18.3 Å². The normalized spacial score (nSPS) is 10.1. The van der Waals surface area contributed by atoms with Gasteiger partial charge in [0.15, 0.2) is 5.96 Å². The lowest BCUT2D eigenvalue weighted by Crippen LogP contribution is -2.35. The lowest BCUT2D eigenvalue weighted by Gasteiger charge is -2.22. The first-order chi connectivity index (χ1) is 7.56. The first-order valence-corrected chi connectivity index (χ1v) is 5.32. The summed E-state index contributed by atoms with van der Waals surface area (Å²) in [6.45, 7) is 3.42. The summed E-state index contributed by atoms with van der Waals surface area (Å²) in [4.78, 5) is 12.7. The van der Waals surface area contributed by atoms with Crippen molar-refractivity contribution in [2.24, 2.45) is 4.99 Å². The van der Waals surface area contributed by atoms with Crippen molar-refractivity contribution in [2.45, 2.75) is 20.0 Å². The quantitative estimate of drug-likeness (QED) is 0.546. The van der Waals surface area contributed by atoms with Crippen molar-refractivity contribution in [1.82, 2.24) is 24.6 Å². The van der Waals surface area contributed by atoms with Crippen LogP contribution in [0.5, 0.6) is 0 Å². The van der Waals surface area contributed by atoms with Gasteiger partial charge in [-0.15, -0.1) is 0 Å². The van der Waals surface area contributed by atoms with Crippen LogP contribution in [-0.2, 0) is 13.1 Å². The molecule has 0 aromatic carbocycles. The molecule has 0 unspecified atom stereocenters. The molecule has 0 radical (unpaired) electrons. The van der Waals surface area contributed by atoms with E-state index in [9.17, 15) is 0 Å². The van der Waals surface area contributed by atoms with Crippen LogP contribution in [0.25, 0.3) is 0 Å². The minimum absolute atomic E-state index is 0.555. The number of rotatable bonds is 3. The molecule has 0 amide bonds. The zero-order chi connectivity index (χ0) is 12.1. The molecule has 0 aliphatic carbocycles. The third-order valence-corrected chi connectivity index (χ3v) is 2.16. The van der Waals surface area contributed by atoms with Crippen molar-refractivity contribution in [2.75, 3.05) is 28.2 Å². The van der Waals surface area contributed by atoms with Gasteiger partial charge in [-0.1, -0.05) is 0 Å². The monoisotopic (exact) mass is 224 g/mol. The molecule has 0 atom stereocenters. The van der Waals surface area contributed by atoms with E-state index in [1.54, 1.807) is 6.33 Å². The zero-order valence-corrected chi connectivity index (χ0v) is 10.7. The summed E-state index contributed by atoms with van der Waals surface area (Å²) in [5, 5.41) is 4.11. The molecule has 0 saturated heterocycles. The number of hydrogen-bond donors (Lipinski definition) is 0. The maximum absolute atomic E-state index is 4.52. The summed E-state index contributed by atoms with van der Waals surface area (Å²) in [7, 11) is 7.90. The van der Waals surface area contributed by atoms with Crippen LogP contribution in [0.15, 0.2) is 11.3 Å². The molecule has 1 aromatic rings. The molecular formula is C10H20N6. The van der Waals surface area contributed by atoms with E-state index in [1.165, 1.54) is 0 Å². The van der Waals surface area contributed by atoms with Gasteiger partial charge in [-0.2, -0.15) is 5.10 Å². The average Bonchev–Trinajstić information content (AvgIpc) is 2.64. The van der Waals surface area contributed by atoms with Gasteiger partial charge < -0.3 is 9.80 Å². The highest BCUT2D eigenvalue weighted by Gasteiger charge is 2.06. The van der Waals surface area contributed by atoms with Crippen LogP contribution >= 0.6 is 0 Å². The summed E-state index contributed by atoms with van der Waals surface area (Å²) >= 11 is 0. The molecule has 0 N–H and O–H groups in total. The Morgan fingerprint density at radius 2 is 1.94 bits per heavy atom. The highest BCUT2D eigenvalue weighted by atomic mass is 15.4. The Balaban J connectivity index is 2.77. The van der Waals surface area contributed by atoms with E-state index >= 15 is 0 Å². The molecule has 0 bridgehead atoms. The fraction of sp³-hybridized carbons (Fsp3) is 0.700. The summed E-state index contributed by atoms with van der Waals surface area (Å²) in [5.41, 5.74) is 0. The van der Waals surface area contributed by atoms with Gasteiger partial charge >= 0.3 is 0 Å². The second-order valence-electron chi connectivity index (χ2n) is 3.90. The minimum Gasteiger partial charge on any atom is -0.349 e. The van der Waals surface area contributed by atoms with Crippen LogP contribution in [0.1, 0.15) is 12.7 Å². The third-order valence-electron chi connectivity index (χ3n) is 2.16. The van der Waals surface area contributed by atoms with E-state index in [4.69, 9.17) is 0 Å². The topological polar surface area (TPSA) is 49.6 Å². The van der Waals surface area contributed by atoms with Crippen LogP contribution in [0.2, 0.25) is 0 Å². The number of aliphatic imine (C=N–C) groups is 1. The fourth-order valence-electron chi connectivity index (χ4n) is 1.50. The van der Waals surface area contributed by atoms with Gasteiger partial charge in [-0.3, -0.25) is 0 Å². The molecular weight excluding hydrogens is 204 g/mol. The molecule has 16 heavy (non-hydrogen) atoms. The number of guanidine groups is 1. The molecule has 90 valence electrons. The van der Waals surface area contributed by atoms with Gasteiger partial charge in [0, 0.05) is 34.7 Å². The summed E-state index contributed by atoms with van der Waals surface area (Å²) in [6.07, 6.45) is 1.57. The van der Waals surface area contributed by atoms with Crippen LogP contribution in [0.4, 0.5) is 0 Å². The predicted octanol–water partition coefficient (Wildman–Crippen LogP) is 0.277. The van der Waals surface area contributed by atoms with Gasteiger partial charge in [0.25, 0.3) is 0 Å². The van der Waals surface area contributed by atoms with Gasteiger partial charge in [-0.05, 0) is 6.92 Å². The first-order valence-electron chi connectivity index (χ1n) is 5.32. The highest BCUT2D eigenvalue weighted by Crippen LogP contribution is 1.98. The van der Waals surface area contributed by atoms with Crippen LogP contribution < -0.4 is 0 Å². The molecule has 0 aliphatic heterocycles. The Labute approximate surface area is 96.6 Å². The molecule has 1 heterocycles. The number of hydrogen-bond acceptors (Lipinski definition) is 3. The largest absolute Gasteiger partial charge is 0.349 e. The number of aromatic nitrogens is 3. The first kappa shape index (κ1) is 12.5. The third kappa shape index (κ3) is 2.95. The average molecular weight is 224 g/mol. The molecule has 6 nitrogen and oxygen atoms in total. The molecule has 1 rings (SSSR count). The van der Waals surface area contributed by atoms with E-state index < -0.39 is 0 Å². The molecule has 0 aliphatic rings. The van der Waals surface area contributed by atoms with Crippen molar-refractivity contribution in [3.8, 4) is 0 Å². The van der Waals surface area contributed by atoms with Crippen molar-refractivity contribution in [3.05, 3.63) is 12.2 Å². The van der Waals surface area contributed by atoms with Crippen LogP contribution in [0, 0.1) is 0 Å². The Bertz CT molecular complexity index is 342. The maximum Gasteiger partial charge on any atom is 0.195 e. The van der Waals surface area contributed by atoms with E-state index in [2.05, 4.69) is 15.1 Å². The van der Waals surface area contributed by atoms with Gasteiger partial charge in [-0.25, -0.2) is 14.7 Å². The van der Waals surface area contributed by atoms with Crippen molar-refractivity contribution in [1.29, 1.82) is 0 Å².